The molecule has 13 heavy (non-hydrogen) atoms. The van der Waals surface area contributed by atoms with E-state index in [1.54, 1.807) is 0 Å². The van der Waals surface area contributed by atoms with Gasteiger partial charge in [-0.1, -0.05) is 0 Å². The third-order valence-electron chi connectivity index (χ3n) is 1.60. The number of rotatable bonds is 5. The summed E-state index contributed by atoms with van der Waals surface area (Å²) in [5, 5.41) is 3.11. The fraction of sp³-hybridized carbons (Fsp3) is 0.444. The highest BCUT2D eigenvalue weighted by Crippen LogP contribution is 2.16. The van der Waals surface area contributed by atoms with Crippen molar-refractivity contribution in [3.8, 4) is 0 Å². The van der Waals surface area contributed by atoms with E-state index in [0.717, 1.165) is 28.6 Å². The summed E-state index contributed by atoms with van der Waals surface area (Å²) >= 11 is 6.20. The largest absolute Gasteiger partial charge is 0.319 e. The Kier molecular flexibility index (Phi) is 5.27. The molecule has 0 saturated carbocycles. The van der Waals surface area contributed by atoms with Crippen LogP contribution < -0.4 is 5.32 Å². The molecule has 0 aliphatic heterocycles. The fourth-order valence-electron chi connectivity index (χ4n) is 0.884. The van der Waals surface area contributed by atoms with Gasteiger partial charge in [-0.05, 0) is 19.2 Å². The summed E-state index contributed by atoms with van der Waals surface area (Å²) in [6.45, 7) is 1.04. The van der Waals surface area contributed by atoms with E-state index in [2.05, 4.69) is 22.9 Å². The lowest BCUT2D eigenvalue weighted by Crippen LogP contribution is -2.09. The van der Waals surface area contributed by atoms with Crippen LogP contribution in [-0.2, 0) is 5.75 Å². The predicted octanol–water partition coefficient (Wildman–Crippen LogP) is 1.82. The van der Waals surface area contributed by atoms with Crippen LogP contribution in [0.25, 0.3) is 0 Å². The Morgan fingerprint density at radius 1 is 1.62 bits per heavy atom. The van der Waals surface area contributed by atoms with Crippen LogP contribution in [0.5, 0.6) is 0 Å². The number of thioether (sulfide) groups is 1. The molecule has 1 heterocycles. The molecule has 0 unspecified atom stereocenters. The first-order chi connectivity index (χ1) is 6.34. The number of hydrogen-bond donors (Lipinski definition) is 2. The molecule has 0 fully saturated rings. The lowest BCUT2D eigenvalue weighted by Gasteiger charge is -2.02. The van der Waals surface area contributed by atoms with Crippen molar-refractivity contribution in [2.24, 2.45) is 0 Å². The second-order valence-electron chi connectivity index (χ2n) is 2.63. The summed E-state index contributed by atoms with van der Waals surface area (Å²) in [5.41, 5.74) is 1.08. The molecule has 0 saturated heterocycles. The zero-order chi connectivity index (χ0) is 9.52. The molecule has 0 radical (unpaired) electrons. The zero-order valence-corrected chi connectivity index (χ0v) is 9.37. The van der Waals surface area contributed by atoms with Crippen LogP contribution in [0.1, 0.15) is 5.69 Å². The molecule has 0 atom stereocenters. The molecule has 72 valence electrons. The SMILES string of the molecule is CNCCSCc1ncccc1S. The van der Waals surface area contributed by atoms with Crippen molar-refractivity contribution in [1.82, 2.24) is 10.3 Å². The normalized spacial score (nSPS) is 10.3. The third kappa shape index (κ3) is 4.02. The molecule has 4 heteroatoms. The van der Waals surface area contributed by atoms with Crippen LogP contribution in [-0.4, -0.2) is 24.3 Å². The Morgan fingerprint density at radius 3 is 3.15 bits per heavy atom. The molecule has 1 N–H and O–H groups in total. The Morgan fingerprint density at radius 2 is 2.46 bits per heavy atom. The van der Waals surface area contributed by atoms with Gasteiger partial charge in [-0.25, -0.2) is 0 Å². The first-order valence-corrected chi connectivity index (χ1v) is 5.80. The van der Waals surface area contributed by atoms with E-state index in [1.807, 2.05) is 37.1 Å². The average Bonchev–Trinajstić information content (AvgIpc) is 2.15. The molecular weight excluding hydrogens is 200 g/mol. The van der Waals surface area contributed by atoms with Gasteiger partial charge in [0.05, 0.1) is 5.69 Å². The summed E-state index contributed by atoms with van der Waals surface area (Å²) in [4.78, 5) is 5.24. The minimum atomic E-state index is 0.946. The van der Waals surface area contributed by atoms with Crippen molar-refractivity contribution in [2.75, 3.05) is 19.3 Å². The van der Waals surface area contributed by atoms with Gasteiger partial charge in [0.1, 0.15) is 0 Å². The monoisotopic (exact) mass is 214 g/mol. The molecule has 0 spiro atoms. The number of nitrogens with zero attached hydrogens (tertiary/aromatic N) is 1. The van der Waals surface area contributed by atoms with E-state index in [4.69, 9.17) is 0 Å². The van der Waals surface area contributed by atoms with E-state index >= 15 is 0 Å². The summed E-state index contributed by atoms with van der Waals surface area (Å²) in [5.74, 6) is 2.06. The van der Waals surface area contributed by atoms with Crippen LogP contribution in [0, 0.1) is 0 Å². The molecular formula is C9H14N2S2. The molecule has 0 amide bonds. The first-order valence-electron chi connectivity index (χ1n) is 4.20. The summed E-state index contributed by atoms with van der Waals surface area (Å²) in [6.07, 6.45) is 1.81. The average molecular weight is 214 g/mol. The lowest BCUT2D eigenvalue weighted by molar-refractivity contribution is 0.871. The zero-order valence-electron chi connectivity index (χ0n) is 7.66. The number of aromatic nitrogens is 1. The Bertz CT molecular complexity index is 253. The molecule has 0 aliphatic carbocycles. The van der Waals surface area contributed by atoms with Crippen molar-refractivity contribution in [1.29, 1.82) is 0 Å². The van der Waals surface area contributed by atoms with Crippen LogP contribution in [0.3, 0.4) is 0 Å². The van der Waals surface area contributed by atoms with Gasteiger partial charge in [-0.2, -0.15) is 11.8 Å². The van der Waals surface area contributed by atoms with Gasteiger partial charge in [-0.15, -0.1) is 12.6 Å². The van der Waals surface area contributed by atoms with E-state index in [-0.39, 0.29) is 0 Å². The second kappa shape index (κ2) is 6.29. The maximum atomic E-state index is 4.33. The van der Waals surface area contributed by atoms with E-state index < -0.39 is 0 Å². The highest BCUT2D eigenvalue weighted by atomic mass is 32.2. The van der Waals surface area contributed by atoms with Gasteiger partial charge in [0.15, 0.2) is 0 Å². The van der Waals surface area contributed by atoms with E-state index in [1.165, 1.54) is 0 Å². The van der Waals surface area contributed by atoms with Crippen molar-refractivity contribution in [2.45, 2.75) is 10.6 Å². The van der Waals surface area contributed by atoms with E-state index in [0.29, 0.717) is 0 Å². The molecule has 1 rings (SSSR count). The maximum absolute atomic E-state index is 4.33. The molecule has 0 bridgehead atoms. The Labute approximate surface area is 88.9 Å². The highest BCUT2D eigenvalue weighted by Gasteiger charge is 1.98. The predicted molar refractivity (Wildman–Crippen MR) is 61.6 cm³/mol. The molecule has 0 aliphatic rings. The Hall–Kier alpha value is -0.190. The quantitative estimate of drug-likeness (QED) is 0.578. The van der Waals surface area contributed by atoms with Crippen LogP contribution in [0.15, 0.2) is 23.2 Å². The molecule has 2 nitrogen and oxygen atoms in total. The standard InChI is InChI=1S/C9H14N2S2/c1-10-5-6-13-7-8-9(12)3-2-4-11-8/h2-4,10,12H,5-7H2,1H3. The first kappa shape index (κ1) is 10.9. The molecule has 1 aromatic rings. The van der Waals surface area contributed by atoms with Crippen LogP contribution in [0.2, 0.25) is 0 Å². The minimum absolute atomic E-state index is 0.946. The van der Waals surface area contributed by atoms with Gasteiger partial charge < -0.3 is 5.32 Å². The number of nitrogens with one attached hydrogen (secondary N) is 1. The number of hydrogen-bond acceptors (Lipinski definition) is 4. The van der Waals surface area contributed by atoms with Gasteiger partial charge in [0.2, 0.25) is 0 Å². The van der Waals surface area contributed by atoms with Crippen molar-refractivity contribution >= 4 is 24.4 Å². The molecule has 0 aromatic carbocycles. The van der Waals surface area contributed by atoms with Gasteiger partial charge in [0.25, 0.3) is 0 Å². The van der Waals surface area contributed by atoms with Crippen molar-refractivity contribution < 1.29 is 0 Å². The fourth-order valence-corrected chi connectivity index (χ4v) is 2.13. The second-order valence-corrected chi connectivity index (χ2v) is 4.21. The van der Waals surface area contributed by atoms with E-state index in [9.17, 15) is 0 Å². The van der Waals surface area contributed by atoms with Crippen molar-refractivity contribution in [3.05, 3.63) is 24.0 Å². The van der Waals surface area contributed by atoms with Crippen LogP contribution >= 0.6 is 24.4 Å². The number of thiol groups is 1. The van der Waals surface area contributed by atoms with Gasteiger partial charge in [-0.3, -0.25) is 4.98 Å². The van der Waals surface area contributed by atoms with Gasteiger partial charge >= 0.3 is 0 Å². The minimum Gasteiger partial charge on any atom is -0.319 e. The Balaban J connectivity index is 2.32. The highest BCUT2D eigenvalue weighted by molar-refractivity contribution is 7.98. The summed E-state index contributed by atoms with van der Waals surface area (Å²) in [6, 6.07) is 3.88. The topological polar surface area (TPSA) is 24.9 Å². The lowest BCUT2D eigenvalue weighted by atomic mass is 10.4. The van der Waals surface area contributed by atoms with Crippen molar-refractivity contribution in [3.63, 3.8) is 0 Å². The maximum Gasteiger partial charge on any atom is 0.0635 e. The summed E-state index contributed by atoms with van der Waals surface area (Å²) in [7, 11) is 1.96. The van der Waals surface area contributed by atoms with Crippen LogP contribution in [0.4, 0.5) is 0 Å². The van der Waals surface area contributed by atoms with Gasteiger partial charge in [0, 0.05) is 29.1 Å². The smallest absolute Gasteiger partial charge is 0.0635 e. The number of pyridine rings is 1. The summed E-state index contributed by atoms with van der Waals surface area (Å²) < 4.78 is 0. The molecule has 1 aromatic heterocycles. The third-order valence-corrected chi connectivity index (χ3v) is 2.98.